The Morgan fingerprint density at radius 1 is 0.737 bits per heavy atom. The second-order valence-electron chi connectivity index (χ2n) is 6.44. The molecule has 0 amide bonds. The number of aryl methyl sites for hydroxylation is 2. The van der Waals surface area contributed by atoms with Crippen LogP contribution in [0.3, 0.4) is 0 Å². The maximum atomic E-state index is 2.43. The van der Waals surface area contributed by atoms with Gasteiger partial charge in [0.1, 0.15) is 0 Å². The van der Waals surface area contributed by atoms with Crippen molar-refractivity contribution in [2.24, 2.45) is 0 Å². The molecule has 2 atom stereocenters. The van der Waals surface area contributed by atoms with Crippen molar-refractivity contribution in [2.75, 3.05) is 0 Å². The molecule has 0 saturated heterocycles. The highest BCUT2D eigenvalue weighted by molar-refractivity contribution is 5.46. The van der Waals surface area contributed by atoms with Gasteiger partial charge in [-0.25, -0.2) is 0 Å². The predicted octanol–water partition coefficient (Wildman–Crippen LogP) is 4.67. The van der Waals surface area contributed by atoms with Gasteiger partial charge in [-0.1, -0.05) is 47.5 Å². The molecule has 0 aliphatic heterocycles. The van der Waals surface area contributed by atoms with Gasteiger partial charge in [0, 0.05) is 0 Å². The second-order valence-corrected chi connectivity index (χ2v) is 6.44. The fourth-order valence-corrected chi connectivity index (χ4v) is 4.08. The van der Waals surface area contributed by atoms with Gasteiger partial charge in [-0.3, -0.25) is 0 Å². The minimum absolute atomic E-state index is 0.754. The smallest absolute Gasteiger partial charge is 0.0113 e. The van der Waals surface area contributed by atoms with Crippen molar-refractivity contribution in [3.05, 3.63) is 69.8 Å². The van der Waals surface area contributed by atoms with E-state index in [0.29, 0.717) is 0 Å². The zero-order valence-electron chi connectivity index (χ0n) is 11.7. The number of hydrogen-bond acceptors (Lipinski definition) is 0. The summed E-state index contributed by atoms with van der Waals surface area (Å²) in [6.07, 6.45) is 3.83. The van der Waals surface area contributed by atoms with Crippen LogP contribution in [0.5, 0.6) is 0 Å². The van der Waals surface area contributed by atoms with E-state index in [1.807, 2.05) is 0 Å². The van der Waals surface area contributed by atoms with Crippen molar-refractivity contribution in [2.45, 2.75) is 44.9 Å². The van der Waals surface area contributed by atoms with Crippen molar-refractivity contribution in [1.82, 2.24) is 0 Å². The molecule has 0 aromatic heterocycles. The predicted molar refractivity (Wildman–Crippen MR) is 79.9 cm³/mol. The largest absolute Gasteiger partial charge is 0.0590 e. The lowest BCUT2D eigenvalue weighted by molar-refractivity contribution is 0.457. The van der Waals surface area contributed by atoms with Gasteiger partial charge < -0.3 is 0 Å². The maximum absolute atomic E-state index is 2.43. The Balaban J connectivity index is 1.84. The fourth-order valence-electron chi connectivity index (χ4n) is 4.08. The summed E-state index contributed by atoms with van der Waals surface area (Å²) in [5.41, 5.74) is 9.27. The van der Waals surface area contributed by atoms with Crippen LogP contribution in [0.2, 0.25) is 0 Å². The number of benzene rings is 2. The lowest BCUT2D eigenvalue weighted by atomic mass is 9.66. The minimum Gasteiger partial charge on any atom is -0.0590 e. The van der Waals surface area contributed by atoms with Crippen LogP contribution >= 0.6 is 0 Å². The molecule has 0 N–H and O–H groups in total. The van der Waals surface area contributed by atoms with E-state index in [4.69, 9.17) is 0 Å². The molecule has 0 saturated carbocycles. The number of hydrogen-bond donors (Lipinski definition) is 0. The lowest BCUT2D eigenvalue weighted by Gasteiger charge is -2.38. The third kappa shape index (κ3) is 1.74. The van der Waals surface area contributed by atoms with Gasteiger partial charge in [-0.2, -0.15) is 0 Å². The molecular weight excluding hydrogens is 228 g/mol. The summed E-state index contributed by atoms with van der Waals surface area (Å²) in [7, 11) is 0. The molecule has 0 nitrogen and oxygen atoms in total. The quantitative estimate of drug-likeness (QED) is 0.635. The van der Waals surface area contributed by atoms with E-state index in [9.17, 15) is 0 Å². The average Bonchev–Trinajstić information content (AvgIpc) is 2.41. The van der Waals surface area contributed by atoms with E-state index in [-0.39, 0.29) is 0 Å². The third-order valence-electron chi connectivity index (χ3n) is 4.98. The summed E-state index contributed by atoms with van der Waals surface area (Å²) < 4.78 is 0. The van der Waals surface area contributed by atoms with Gasteiger partial charge in [0.15, 0.2) is 0 Å². The second kappa shape index (κ2) is 3.96. The zero-order valence-corrected chi connectivity index (χ0v) is 11.7. The van der Waals surface area contributed by atoms with Crippen LogP contribution < -0.4 is 0 Å². The van der Waals surface area contributed by atoms with Crippen molar-refractivity contribution in [3.63, 3.8) is 0 Å². The molecular formula is C19H20. The molecule has 2 aliphatic carbocycles. The van der Waals surface area contributed by atoms with E-state index >= 15 is 0 Å². The highest BCUT2D eigenvalue weighted by Crippen LogP contribution is 2.47. The topological polar surface area (TPSA) is 0 Å². The molecule has 19 heavy (non-hydrogen) atoms. The van der Waals surface area contributed by atoms with Crippen LogP contribution in [-0.4, -0.2) is 0 Å². The SMILES string of the molecule is Cc1ccc2c(c1)C1Cc3ccc(C)cc3C(C2)C1. The summed E-state index contributed by atoms with van der Waals surface area (Å²) in [4.78, 5) is 0. The van der Waals surface area contributed by atoms with E-state index in [2.05, 4.69) is 50.2 Å². The van der Waals surface area contributed by atoms with Crippen LogP contribution in [0.15, 0.2) is 36.4 Å². The molecule has 0 radical (unpaired) electrons. The summed E-state index contributed by atoms with van der Waals surface area (Å²) in [5.74, 6) is 1.51. The van der Waals surface area contributed by atoms with Crippen molar-refractivity contribution in [1.29, 1.82) is 0 Å². The van der Waals surface area contributed by atoms with Gasteiger partial charge in [-0.05, 0) is 67.2 Å². The summed E-state index contributed by atoms with van der Waals surface area (Å²) in [6, 6.07) is 14.1. The molecule has 4 rings (SSSR count). The molecule has 2 aromatic carbocycles. The molecule has 2 aromatic rings. The summed E-state index contributed by atoms with van der Waals surface area (Å²) in [5, 5.41) is 0. The van der Waals surface area contributed by atoms with Gasteiger partial charge in [0.2, 0.25) is 0 Å². The number of rotatable bonds is 0. The summed E-state index contributed by atoms with van der Waals surface area (Å²) in [6.45, 7) is 4.43. The molecule has 0 heterocycles. The fraction of sp³-hybridized carbons (Fsp3) is 0.368. The van der Waals surface area contributed by atoms with E-state index in [1.165, 1.54) is 30.4 Å². The van der Waals surface area contributed by atoms with E-state index in [0.717, 1.165) is 11.8 Å². The molecule has 0 heteroatoms. The first kappa shape index (κ1) is 11.3. The Morgan fingerprint density at radius 2 is 1.21 bits per heavy atom. The first-order chi connectivity index (χ1) is 9.20. The van der Waals surface area contributed by atoms with Crippen LogP contribution in [0.4, 0.5) is 0 Å². The van der Waals surface area contributed by atoms with Crippen LogP contribution in [-0.2, 0) is 12.8 Å². The maximum Gasteiger partial charge on any atom is -0.0113 e. The van der Waals surface area contributed by atoms with Crippen LogP contribution in [0, 0.1) is 13.8 Å². The Bertz CT molecular complexity index is 594. The van der Waals surface area contributed by atoms with Crippen molar-refractivity contribution in [3.8, 4) is 0 Å². The Morgan fingerprint density at radius 3 is 1.68 bits per heavy atom. The van der Waals surface area contributed by atoms with Crippen molar-refractivity contribution >= 4 is 0 Å². The molecule has 2 aliphatic rings. The highest BCUT2D eigenvalue weighted by Gasteiger charge is 2.33. The average molecular weight is 248 g/mol. The van der Waals surface area contributed by atoms with Gasteiger partial charge in [-0.15, -0.1) is 0 Å². The number of fused-ring (bicyclic) bond motifs is 6. The van der Waals surface area contributed by atoms with Crippen LogP contribution in [0.1, 0.15) is 51.6 Å². The Labute approximate surface area is 115 Å². The molecule has 96 valence electrons. The monoisotopic (exact) mass is 248 g/mol. The highest BCUT2D eigenvalue weighted by atomic mass is 14.4. The van der Waals surface area contributed by atoms with Gasteiger partial charge in [0.25, 0.3) is 0 Å². The Kier molecular flexibility index (Phi) is 2.35. The first-order valence-corrected chi connectivity index (χ1v) is 7.39. The van der Waals surface area contributed by atoms with E-state index < -0.39 is 0 Å². The normalized spacial score (nSPS) is 23.7. The lowest BCUT2D eigenvalue weighted by Crippen LogP contribution is -2.25. The Hall–Kier alpha value is -1.56. The standard InChI is InChI=1S/C19H20/c1-12-3-5-14-9-17-11-16(18(14)7-12)10-15-6-4-13(2)8-19(15)17/h3-8,16-17H,9-11H2,1-2H3. The molecule has 0 spiro atoms. The van der Waals surface area contributed by atoms with Gasteiger partial charge >= 0.3 is 0 Å². The van der Waals surface area contributed by atoms with Crippen molar-refractivity contribution < 1.29 is 0 Å². The first-order valence-electron chi connectivity index (χ1n) is 7.39. The minimum atomic E-state index is 0.754. The van der Waals surface area contributed by atoms with E-state index in [1.54, 1.807) is 22.3 Å². The third-order valence-corrected chi connectivity index (χ3v) is 4.98. The van der Waals surface area contributed by atoms with Crippen LogP contribution in [0.25, 0.3) is 0 Å². The van der Waals surface area contributed by atoms with Gasteiger partial charge in [0.05, 0.1) is 0 Å². The molecule has 2 bridgehead atoms. The summed E-state index contributed by atoms with van der Waals surface area (Å²) >= 11 is 0. The molecule has 0 fully saturated rings. The molecule has 2 unspecified atom stereocenters. The zero-order chi connectivity index (χ0) is 13.0.